The Bertz CT molecular complexity index is 995. The fourth-order valence-electron chi connectivity index (χ4n) is 6.51. The lowest BCUT2D eigenvalue weighted by Crippen LogP contribution is -2.65. The molecule has 2 saturated carbocycles. The van der Waals surface area contributed by atoms with E-state index >= 15 is 0 Å². The SMILES string of the molecule is C=C1[C@H](O)[C@@H](O)[C@@H](OC(=O)/C(C)=C\C)[C@@]2(C)CC[C@@H]3[C@@H](OC(=O)[C@@]3(C)O[C@@H]3O[C@H](CO)[C@@H](O)[C@H](O)[C@H]3O)[C@H]12. The molecular formula is C26H38O12. The minimum Gasteiger partial charge on any atom is -0.459 e. The Balaban J connectivity index is 1.64. The van der Waals surface area contributed by atoms with Gasteiger partial charge in [-0.15, -0.1) is 0 Å². The van der Waals surface area contributed by atoms with Gasteiger partial charge in [-0.1, -0.05) is 19.6 Å². The number of carbonyl (C=O) groups is 2. The van der Waals surface area contributed by atoms with Crippen LogP contribution in [-0.4, -0.2) is 110 Å². The van der Waals surface area contributed by atoms with E-state index in [0.29, 0.717) is 18.4 Å². The number of aliphatic hydroxyl groups is 6. The second kappa shape index (κ2) is 10.3. The van der Waals surface area contributed by atoms with E-state index in [4.69, 9.17) is 18.9 Å². The summed E-state index contributed by atoms with van der Waals surface area (Å²) in [6.07, 6.45) is -10.5. The topological polar surface area (TPSA) is 192 Å². The number of esters is 2. The Morgan fingerprint density at radius 1 is 1.13 bits per heavy atom. The molecule has 4 fully saturated rings. The van der Waals surface area contributed by atoms with Crippen LogP contribution in [-0.2, 0) is 28.5 Å². The van der Waals surface area contributed by atoms with E-state index in [1.807, 2.05) is 0 Å². The maximum absolute atomic E-state index is 13.3. The molecule has 0 aromatic rings. The molecule has 0 radical (unpaired) electrons. The monoisotopic (exact) mass is 542 g/mol. The maximum Gasteiger partial charge on any atom is 0.338 e. The van der Waals surface area contributed by atoms with Crippen molar-refractivity contribution < 1.29 is 59.2 Å². The highest BCUT2D eigenvalue weighted by molar-refractivity contribution is 5.88. The van der Waals surface area contributed by atoms with E-state index in [2.05, 4.69) is 6.58 Å². The van der Waals surface area contributed by atoms with Crippen molar-refractivity contribution in [2.24, 2.45) is 17.3 Å². The third kappa shape index (κ3) is 4.31. The molecule has 2 saturated heterocycles. The average Bonchev–Trinajstić information content (AvgIpc) is 3.13. The van der Waals surface area contributed by atoms with Crippen molar-refractivity contribution in [3.8, 4) is 0 Å². The molecule has 0 spiro atoms. The van der Waals surface area contributed by atoms with Crippen molar-refractivity contribution in [3.63, 3.8) is 0 Å². The predicted octanol–water partition coefficient (Wildman–Crippen LogP) is -1.31. The summed E-state index contributed by atoms with van der Waals surface area (Å²) in [6.45, 7) is 9.84. The van der Waals surface area contributed by atoms with Crippen molar-refractivity contribution in [1.82, 2.24) is 0 Å². The second-order valence-electron chi connectivity index (χ2n) is 11.2. The number of fused-ring (bicyclic) bond motifs is 3. The largest absolute Gasteiger partial charge is 0.459 e. The fourth-order valence-corrected chi connectivity index (χ4v) is 6.51. The van der Waals surface area contributed by atoms with Gasteiger partial charge in [-0.25, -0.2) is 9.59 Å². The Morgan fingerprint density at radius 2 is 1.79 bits per heavy atom. The zero-order valence-electron chi connectivity index (χ0n) is 21.9. The first-order valence-electron chi connectivity index (χ1n) is 12.8. The molecule has 2 aliphatic heterocycles. The first kappa shape index (κ1) is 29.1. The highest BCUT2D eigenvalue weighted by Crippen LogP contribution is 2.59. The predicted molar refractivity (Wildman–Crippen MR) is 128 cm³/mol. The van der Waals surface area contributed by atoms with Gasteiger partial charge in [0.25, 0.3) is 0 Å². The Labute approximate surface area is 220 Å². The average molecular weight is 543 g/mol. The zero-order chi connectivity index (χ0) is 28.3. The summed E-state index contributed by atoms with van der Waals surface area (Å²) in [5.41, 5.74) is -2.06. The van der Waals surface area contributed by atoms with Gasteiger partial charge in [0, 0.05) is 22.8 Å². The van der Waals surface area contributed by atoms with E-state index < -0.39 is 96.5 Å². The molecule has 0 aromatic heterocycles. The van der Waals surface area contributed by atoms with Crippen molar-refractivity contribution >= 4 is 11.9 Å². The molecule has 4 aliphatic rings. The van der Waals surface area contributed by atoms with Crippen LogP contribution in [0, 0.1) is 17.3 Å². The molecule has 2 aliphatic carbocycles. The van der Waals surface area contributed by atoms with Crippen molar-refractivity contribution in [2.45, 2.75) is 101 Å². The summed E-state index contributed by atoms with van der Waals surface area (Å²) in [7, 11) is 0. The van der Waals surface area contributed by atoms with Crippen LogP contribution in [0.3, 0.4) is 0 Å². The van der Waals surface area contributed by atoms with Crippen LogP contribution in [0.25, 0.3) is 0 Å². The lowest BCUT2D eigenvalue weighted by atomic mass is 9.52. The summed E-state index contributed by atoms with van der Waals surface area (Å²) in [6, 6.07) is 0. The van der Waals surface area contributed by atoms with Crippen molar-refractivity contribution in [3.05, 3.63) is 23.8 Å². The smallest absolute Gasteiger partial charge is 0.338 e. The molecular weight excluding hydrogens is 504 g/mol. The molecule has 12 nitrogen and oxygen atoms in total. The van der Waals surface area contributed by atoms with Crippen LogP contribution in [0.15, 0.2) is 23.8 Å². The maximum atomic E-state index is 13.3. The fraction of sp³-hybridized carbons (Fsp3) is 0.769. The standard InChI is InChI=1S/C26H38O12/c1-6-10(2)22(33)37-21-18(31)15(28)11(3)14-20-12(7-8-25(14,21)4)26(5,24(34)36-20)38-23-19(32)17(30)16(29)13(9-27)35-23/h6,12-21,23,27-32H,3,7-9H2,1-2,4-5H3/b10-6-/t12-,13-,14+,15+,16-,17+,18-,19-,20-,21-,23+,25+,26+/m1/s1. The Hall–Kier alpha value is -1.90. The summed E-state index contributed by atoms with van der Waals surface area (Å²) in [4.78, 5) is 25.9. The van der Waals surface area contributed by atoms with E-state index in [1.165, 1.54) is 6.92 Å². The first-order chi connectivity index (χ1) is 17.7. The number of carbonyl (C=O) groups excluding carboxylic acids is 2. The van der Waals surface area contributed by atoms with Crippen LogP contribution in [0.5, 0.6) is 0 Å². The highest BCUT2D eigenvalue weighted by atomic mass is 16.7. The van der Waals surface area contributed by atoms with E-state index in [0.717, 1.165) is 0 Å². The first-order valence-corrected chi connectivity index (χ1v) is 12.8. The minimum atomic E-state index is -1.72. The molecule has 2 heterocycles. The normalized spacial score (nSPS) is 49.2. The lowest BCUT2D eigenvalue weighted by Gasteiger charge is -2.56. The Morgan fingerprint density at radius 3 is 2.39 bits per heavy atom. The number of aliphatic hydroxyl groups excluding tert-OH is 6. The third-order valence-electron chi connectivity index (χ3n) is 9.05. The number of allylic oxidation sites excluding steroid dienone is 1. The van der Waals surface area contributed by atoms with Crippen LogP contribution in [0.2, 0.25) is 0 Å². The molecule has 6 N–H and O–H groups in total. The summed E-state index contributed by atoms with van der Waals surface area (Å²) >= 11 is 0. The van der Waals surface area contributed by atoms with Gasteiger partial charge in [-0.05, 0) is 39.2 Å². The quantitative estimate of drug-likeness (QED) is 0.137. The second-order valence-corrected chi connectivity index (χ2v) is 11.2. The molecule has 12 heteroatoms. The van der Waals surface area contributed by atoms with Gasteiger partial charge >= 0.3 is 11.9 Å². The lowest BCUT2D eigenvalue weighted by molar-refractivity contribution is -0.325. The number of rotatable bonds is 5. The number of hydrogen-bond donors (Lipinski definition) is 6. The summed E-state index contributed by atoms with van der Waals surface area (Å²) in [5, 5.41) is 62.0. The van der Waals surface area contributed by atoms with Gasteiger partial charge in [0.05, 0.1) is 6.61 Å². The van der Waals surface area contributed by atoms with Crippen LogP contribution < -0.4 is 0 Å². The molecule has 13 atom stereocenters. The molecule has 4 rings (SSSR count). The van der Waals surface area contributed by atoms with Gasteiger partial charge in [0.1, 0.15) is 48.8 Å². The van der Waals surface area contributed by atoms with Gasteiger partial charge in [0.2, 0.25) is 0 Å². The zero-order valence-corrected chi connectivity index (χ0v) is 21.9. The number of hydrogen-bond acceptors (Lipinski definition) is 12. The van der Waals surface area contributed by atoms with Gasteiger partial charge in [-0.2, -0.15) is 0 Å². The van der Waals surface area contributed by atoms with Crippen LogP contribution >= 0.6 is 0 Å². The van der Waals surface area contributed by atoms with Crippen molar-refractivity contribution in [2.75, 3.05) is 6.61 Å². The van der Waals surface area contributed by atoms with Crippen molar-refractivity contribution in [1.29, 1.82) is 0 Å². The van der Waals surface area contributed by atoms with Gasteiger partial charge in [-0.3, -0.25) is 0 Å². The molecule has 0 amide bonds. The molecule has 0 bridgehead atoms. The molecule has 214 valence electrons. The minimum absolute atomic E-state index is 0.231. The molecule has 38 heavy (non-hydrogen) atoms. The van der Waals surface area contributed by atoms with Crippen LogP contribution in [0.1, 0.15) is 40.5 Å². The summed E-state index contributed by atoms with van der Waals surface area (Å²) < 4.78 is 22.9. The number of ether oxygens (including phenoxy) is 4. The van der Waals surface area contributed by atoms with Gasteiger partial charge < -0.3 is 49.6 Å². The van der Waals surface area contributed by atoms with E-state index in [1.54, 1.807) is 26.8 Å². The molecule has 0 aromatic carbocycles. The molecule has 0 unspecified atom stereocenters. The van der Waals surface area contributed by atoms with E-state index in [9.17, 15) is 40.2 Å². The highest BCUT2D eigenvalue weighted by Gasteiger charge is 2.68. The summed E-state index contributed by atoms with van der Waals surface area (Å²) in [5.74, 6) is -2.77. The third-order valence-corrected chi connectivity index (χ3v) is 9.05. The van der Waals surface area contributed by atoms with Gasteiger partial charge in [0.15, 0.2) is 11.9 Å². The van der Waals surface area contributed by atoms with E-state index in [-0.39, 0.29) is 5.57 Å². The Kier molecular flexibility index (Phi) is 7.85. The van der Waals surface area contributed by atoms with Crippen LogP contribution in [0.4, 0.5) is 0 Å².